The molecule has 29 heavy (non-hydrogen) atoms. The normalized spacial score (nSPS) is 15.9. The van der Waals surface area contributed by atoms with Crippen molar-refractivity contribution >= 4 is 5.78 Å². The number of fused-ring (bicyclic) bond motifs is 1. The molecule has 1 aromatic heterocycles. The Morgan fingerprint density at radius 2 is 1.83 bits per heavy atom. The number of hydrogen-bond acceptors (Lipinski definition) is 4. The summed E-state index contributed by atoms with van der Waals surface area (Å²) in [5.41, 5.74) is 1.54. The van der Waals surface area contributed by atoms with Crippen LogP contribution in [0.2, 0.25) is 0 Å². The summed E-state index contributed by atoms with van der Waals surface area (Å²) in [5.74, 6) is 0.0961. The van der Waals surface area contributed by atoms with Gasteiger partial charge < -0.3 is 9.47 Å². The van der Waals surface area contributed by atoms with E-state index in [1.54, 1.807) is 18.2 Å². The molecule has 2 heterocycles. The van der Waals surface area contributed by atoms with E-state index in [9.17, 15) is 13.6 Å². The van der Waals surface area contributed by atoms with E-state index in [0.717, 1.165) is 24.5 Å². The molecule has 0 atom stereocenters. The van der Waals surface area contributed by atoms with Crippen molar-refractivity contribution in [2.24, 2.45) is 0 Å². The number of nitrogens with zero attached hydrogens (tertiary/aromatic N) is 1. The molecular weight excluding hydrogens is 376 g/mol. The monoisotopic (exact) mass is 393 g/mol. The molecule has 0 unspecified atom stereocenters. The van der Waals surface area contributed by atoms with Crippen molar-refractivity contribution in [2.45, 2.75) is 24.7 Å². The van der Waals surface area contributed by atoms with E-state index in [4.69, 9.17) is 9.47 Å². The zero-order valence-electron chi connectivity index (χ0n) is 15.5. The number of ketones is 1. The average Bonchev–Trinajstić information content (AvgIpc) is 3.39. The second-order valence-electron chi connectivity index (χ2n) is 7.39. The van der Waals surface area contributed by atoms with Gasteiger partial charge in [0.05, 0.1) is 11.1 Å². The quantitative estimate of drug-likeness (QED) is 0.636. The second kappa shape index (κ2) is 6.65. The van der Waals surface area contributed by atoms with Crippen LogP contribution >= 0.6 is 0 Å². The van der Waals surface area contributed by atoms with Gasteiger partial charge in [-0.25, -0.2) is 8.78 Å². The van der Waals surface area contributed by atoms with Gasteiger partial charge in [-0.1, -0.05) is 12.1 Å². The zero-order valence-corrected chi connectivity index (χ0v) is 15.5. The van der Waals surface area contributed by atoms with Gasteiger partial charge in [-0.15, -0.1) is 0 Å². The molecule has 1 saturated carbocycles. The van der Waals surface area contributed by atoms with E-state index in [2.05, 4.69) is 4.98 Å². The van der Waals surface area contributed by atoms with Crippen LogP contribution in [0.5, 0.6) is 11.5 Å². The Morgan fingerprint density at radius 1 is 1.00 bits per heavy atom. The van der Waals surface area contributed by atoms with Crippen molar-refractivity contribution in [3.05, 3.63) is 77.5 Å². The number of carbonyl (C=O) groups excluding carboxylic acids is 1. The molecule has 4 nitrogen and oxygen atoms in total. The lowest BCUT2D eigenvalue weighted by molar-refractivity contribution is -0.120. The van der Waals surface area contributed by atoms with E-state index in [1.165, 1.54) is 12.1 Å². The predicted octanol–water partition coefficient (Wildman–Crippen LogP) is 4.60. The van der Waals surface area contributed by atoms with Gasteiger partial charge in [-0.2, -0.15) is 0 Å². The van der Waals surface area contributed by atoms with E-state index in [0.29, 0.717) is 22.9 Å². The number of Topliss-reactive ketones (excluding diaryl/α,β-unsaturated/α-hetero) is 1. The molecular formula is C23H17F2NO3. The summed E-state index contributed by atoms with van der Waals surface area (Å²) < 4.78 is 38.0. The van der Waals surface area contributed by atoms with Crippen LogP contribution in [0.4, 0.5) is 8.78 Å². The van der Waals surface area contributed by atoms with Gasteiger partial charge in [0.15, 0.2) is 11.5 Å². The summed E-state index contributed by atoms with van der Waals surface area (Å²) in [5, 5.41) is 0. The van der Waals surface area contributed by atoms with Crippen molar-refractivity contribution in [1.82, 2.24) is 4.98 Å². The third-order valence-electron chi connectivity index (χ3n) is 5.56. The molecule has 146 valence electrons. The molecule has 2 aromatic carbocycles. The van der Waals surface area contributed by atoms with Gasteiger partial charge in [0.25, 0.3) is 0 Å². The largest absolute Gasteiger partial charge is 0.454 e. The highest BCUT2D eigenvalue weighted by Crippen LogP contribution is 2.51. The molecule has 0 spiro atoms. The Labute approximate surface area is 166 Å². The molecule has 1 aliphatic heterocycles. The van der Waals surface area contributed by atoms with Crippen molar-refractivity contribution in [2.75, 3.05) is 6.79 Å². The summed E-state index contributed by atoms with van der Waals surface area (Å²) >= 11 is 0. The lowest BCUT2D eigenvalue weighted by atomic mass is 9.88. The maximum absolute atomic E-state index is 14.1. The Morgan fingerprint density at radius 3 is 2.62 bits per heavy atom. The number of hydrogen-bond donors (Lipinski definition) is 0. The number of halogens is 2. The second-order valence-corrected chi connectivity index (χ2v) is 7.39. The number of carbonyl (C=O) groups is 1. The Kier molecular flexibility index (Phi) is 4.08. The molecule has 0 amide bonds. The third kappa shape index (κ3) is 3.14. The van der Waals surface area contributed by atoms with E-state index in [-0.39, 0.29) is 24.6 Å². The van der Waals surface area contributed by atoms with Crippen molar-refractivity contribution < 1.29 is 23.0 Å². The maximum Gasteiger partial charge on any atom is 0.231 e. The smallest absolute Gasteiger partial charge is 0.231 e. The van der Waals surface area contributed by atoms with E-state index in [1.807, 2.05) is 18.2 Å². The molecule has 0 bridgehead atoms. The van der Waals surface area contributed by atoms with Gasteiger partial charge in [0, 0.05) is 23.7 Å². The molecule has 2 aliphatic rings. The number of ether oxygens (including phenoxy) is 2. The van der Waals surface area contributed by atoms with Crippen LogP contribution in [0.3, 0.4) is 0 Å². The molecule has 0 radical (unpaired) electrons. The fraction of sp³-hybridized carbons (Fsp3) is 0.217. The zero-order chi connectivity index (χ0) is 20.0. The number of rotatable bonds is 5. The molecule has 0 saturated heterocycles. The van der Waals surface area contributed by atoms with Gasteiger partial charge in [0.2, 0.25) is 6.79 Å². The minimum absolute atomic E-state index is 0.0700. The first-order valence-corrected chi connectivity index (χ1v) is 9.40. The highest BCUT2D eigenvalue weighted by Gasteiger charge is 2.50. The van der Waals surface area contributed by atoms with Crippen molar-refractivity contribution in [3.8, 4) is 22.8 Å². The molecule has 3 aromatic rings. The highest BCUT2D eigenvalue weighted by atomic mass is 19.1. The van der Waals surface area contributed by atoms with E-state index < -0.39 is 17.0 Å². The summed E-state index contributed by atoms with van der Waals surface area (Å²) in [6, 6.07) is 14.1. The third-order valence-corrected chi connectivity index (χ3v) is 5.56. The highest BCUT2D eigenvalue weighted by molar-refractivity contribution is 5.94. The SMILES string of the molecule is O=C(Cc1cccc(-c2ccc(F)cc2F)n1)C1(c2ccc3c(c2)OCO3)CC1. The molecule has 1 aliphatic carbocycles. The first-order chi connectivity index (χ1) is 14.0. The van der Waals surface area contributed by atoms with Gasteiger partial charge in [0.1, 0.15) is 17.4 Å². The average molecular weight is 393 g/mol. The van der Waals surface area contributed by atoms with Crippen LogP contribution in [-0.2, 0) is 16.6 Å². The van der Waals surface area contributed by atoms with Gasteiger partial charge in [-0.3, -0.25) is 9.78 Å². The summed E-state index contributed by atoms with van der Waals surface area (Å²) in [6.45, 7) is 0.191. The van der Waals surface area contributed by atoms with Crippen LogP contribution in [0.25, 0.3) is 11.3 Å². The summed E-state index contributed by atoms with van der Waals surface area (Å²) in [4.78, 5) is 17.6. The molecule has 6 heteroatoms. The Hall–Kier alpha value is -3.28. The first kappa shape index (κ1) is 17.8. The van der Waals surface area contributed by atoms with Crippen LogP contribution in [0.15, 0.2) is 54.6 Å². The molecule has 5 rings (SSSR count). The number of pyridine rings is 1. The topological polar surface area (TPSA) is 48.4 Å². The molecule has 0 N–H and O–H groups in total. The van der Waals surface area contributed by atoms with Crippen LogP contribution in [0.1, 0.15) is 24.1 Å². The minimum Gasteiger partial charge on any atom is -0.454 e. The number of benzene rings is 2. The lowest BCUT2D eigenvalue weighted by Gasteiger charge is -2.15. The van der Waals surface area contributed by atoms with Crippen molar-refractivity contribution in [3.63, 3.8) is 0 Å². The Balaban J connectivity index is 1.40. The minimum atomic E-state index is -0.681. The fourth-order valence-electron chi connectivity index (χ4n) is 3.81. The predicted molar refractivity (Wildman–Crippen MR) is 102 cm³/mol. The first-order valence-electron chi connectivity index (χ1n) is 9.40. The van der Waals surface area contributed by atoms with E-state index >= 15 is 0 Å². The summed E-state index contributed by atoms with van der Waals surface area (Å²) in [6.07, 6.45) is 1.70. The summed E-state index contributed by atoms with van der Waals surface area (Å²) in [7, 11) is 0. The molecule has 1 fully saturated rings. The van der Waals surface area contributed by atoms with Crippen molar-refractivity contribution in [1.29, 1.82) is 0 Å². The fourth-order valence-corrected chi connectivity index (χ4v) is 3.81. The van der Waals surface area contributed by atoms with Gasteiger partial charge in [-0.05, 0) is 54.8 Å². The van der Waals surface area contributed by atoms with Crippen LogP contribution in [-0.4, -0.2) is 17.6 Å². The van der Waals surface area contributed by atoms with Crippen LogP contribution < -0.4 is 9.47 Å². The Bertz CT molecular complexity index is 1120. The number of aromatic nitrogens is 1. The maximum atomic E-state index is 14.1. The van der Waals surface area contributed by atoms with Crippen LogP contribution in [0, 0.1) is 11.6 Å². The van der Waals surface area contributed by atoms with Gasteiger partial charge >= 0.3 is 0 Å². The lowest BCUT2D eigenvalue weighted by Crippen LogP contribution is -2.23. The standard InChI is InChI=1S/C23H17F2NO3/c24-15-5-6-17(18(25)11-15)19-3-1-2-16(26-19)12-22(27)23(8-9-23)14-4-7-20-21(10-14)29-13-28-20/h1-7,10-11H,8-9,12-13H2.